The molecule has 0 unspecified atom stereocenters. The van der Waals surface area contributed by atoms with E-state index in [4.69, 9.17) is 10.7 Å². The van der Waals surface area contributed by atoms with Crippen LogP contribution >= 0.6 is 10.7 Å². The maximum absolute atomic E-state index is 12.0. The Labute approximate surface area is 74.8 Å². The van der Waals surface area contributed by atoms with Gasteiger partial charge in [0.2, 0.25) is 0 Å². The van der Waals surface area contributed by atoms with Gasteiger partial charge in [-0.15, -0.1) is 0 Å². The highest BCUT2D eigenvalue weighted by Crippen LogP contribution is 1.99. The summed E-state index contributed by atoms with van der Waals surface area (Å²) in [5.41, 5.74) is -0.0381. The van der Waals surface area contributed by atoms with Gasteiger partial charge in [-0.05, 0) is 12.2 Å². The lowest BCUT2D eigenvalue weighted by Gasteiger charge is -1.98. The van der Waals surface area contributed by atoms with E-state index < -0.39 is 15.1 Å². The predicted octanol–water partition coefficient (Wildman–Crippen LogP) is 1.61. The summed E-state index contributed by atoms with van der Waals surface area (Å²) in [5.74, 6) is -0.704. The first-order valence-electron chi connectivity index (χ1n) is 2.75. The first-order valence-corrected chi connectivity index (χ1v) is 5.06. The van der Waals surface area contributed by atoms with Gasteiger partial charge in [0, 0.05) is 16.4 Å². The van der Waals surface area contributed by atoms with E-state index in [0.29, 0.717) is 0 Å². The van der Waals surface area contributed by atoms with Crippen molar-refractivity contribution < 1.29 is 12.8 Å². The van der Waals surface area contributed by atoms with Crippen LogP contribution in [0.3, 0.4) is 0 Å². The zero-order valence-electron chi connectivity index (χ0n) is 6.05. The Balaban J connectivity index is 4.18. The number of hydrogen-bond donors (Lipinski definition) is 1. The summed E-state index contributed by atoms with van der Waals surface area (Å²) >= 11 is 0. The third-order valence-corrected chi connectivity index (χ3v) is 1.46. The van der Waals surface area contributed by atoms with E-state index in [1.165, 1.54) is 0 Å². The topological polar surface area (TPSA) is 46.2 Å². The molecule has 0 amide bonds. The molecule has 68 valence electrons. The van der Waals surface area contributed by atoms with E-state index in [-0.39, 0.29) is 5.70 Å². The van der Waals surface area contributed by atoms with Gasteiger partial charge in [-0.25, -0.2) is 4.39 Å². The second-order valence-corrected chi connectivity index (χ2v) is 4.14. The van der Waals surface area contributed by atoms with Crippen LogP contribution in [0.2, 0.25) is 0 Å². The quantitative estimate of drug-likeness (QED) is 0.567. The first-order chi connectivity index (χ1) is 5.31. The normalized spacial score (nSPS) is 11.5. The van der Waals surface area contributed by atoms with E-state index in [9.17, 15) is 12.8 Å². The number of nitrogens with one attached hydrogen (secondary N) is 1. The average Bonchev–Trinajstić information content (AvgIpc) is 1.79. The largest absolute Gasteiger partial charge is 0.319 e. The van der Waals surface area contributed by atoms with Crippen LogP contribution in [0.25, 0.3) is 0 Å². The molecular weight excluding hydrogens is 205 g/mol. The SMILES string of the molecule is C=C(F)/C=C\C(=C)NS(=O)(=O)Cl. The molecule has 0 fully saturated rings. The van der Waals surface area contributed by atoms with Gasteiger partial charge in [0.1, 0.15) is 5.83 Å². The molecule has 3 nitrogen and oxygen atoms in total. The van der Waals surface area contributed by atoms with Gasteiger partial charge < -0.3 is 0 Å². The molecule has 0 rings (SSSR count). The molecule has 0 atom stereocenters. The molecule has 12 heavy (non-hydrogen) atoms. The zero-order chi connectivity index (χ0) is 9.78. The van der Waals surface area contributed by atoms with Gasteiger partial charge in [0.15, 0.2) is 0 Å². The Kier molecular flexibility index (Phi) is 3.99. The van der Waals surface area contributed by atoms with Crippen LogP contribution in [0.4, 0.5) is 4.39 Å². The lowest BCUT2D eigenvalue weighted by molar-refractivity contribution is 0.603. The number of rotatable bonds is 4. The lowest BCUT2D eigenvalue weighted by atomic mass is 10.4. The Bertz CT molecular complexity index is 320. The van der Waals surface area contributed by atoms with E-state index in [2.05, 4.69) is 13.2 Å². The predicted molar refractivity (Wildman–Crippen MR) is 46.4 cm³/mol. The molecule has 0 radical (unpaired) electrons. The molecule has 0 aliphatic heterocycles. The third kappa shape index (κ3) is 7.30. The lowest BCUT2D eigenvalue weighted by Crippen LogP contribution is -2.15. The minimum atomic E-state index is -3.85. The maximum atomic E-state index is 12.0. The van der Waals surface area contributed by atoms with Gasteiger partial charge in [-0.1, -0.05) is 13.2 Å². The molecule has 0 spiro atoms. The van der Waals surface area contributed by atoms with Gasteiger partial charge in [0.25, 0.3) is 0 Å². The van der Waals surface area contributed by atoms with Gasteiger partial charge in [-0.2, -0.15) is 8.42 Å². The number of allylic oxidation sites excluding steroid dienone is 3. The first kappa shape index (κ1) is 11.2. The summed E-state index contributed by atoms with van der Waals surface area (Å²) in [7, 11) is 0.942. The molecule has 0 aliphatic carbocycles. The van der Waals surface area contributed by atoms with Crippen LogP contribution in [0.5, 0.6) is 0 Å². The Hall–Kier alpha value is -0.810. The monoisotopic (exact) mass is 211 g/mol. The summed E-state index contributed by atoms with van der Waals surface area (Å²) in [5, 5.41) is 0. The van der Waals surface area contributed by atoms with Crippen molar-refractivity contribution in [2.75, 3.05) is 0 Å². The standard InChI is InChI=1S/C6H7ClFNO2S/c1-5(8)3-4-6(2)9-12(7,10)11/h3-4,9H,1-2H2/b4-3-. The smallest absolute Gasteiger partial charge is 0.271 e. The van der Waals surface area contributed by atoms with Crippen molar-refractivity contribution in [1.29, 1.82) is 0 Å². The summed E-state index contributed by atoms with van der Waals surface area (Å²) < 4.78 is 34.4. The second kappa shape index (κ2) is 4.27. The summed E-state index contributed by atoms with van der Waals surface area (Å²) in [6.07, 6.45) is 2.06. The second-order valence-electron chi connectivity index (χ2n) is 1.85. The molecule has 0 aromatic rings. The minimum Gasteiger partial charge on any atom is -0.271 e. The molecule has 1 N–H and O–H groups in total. The van der Waals surface area contributed by atoms with Gasteiger partial charge in [-0.3, -0.25) is 4.72 Å². The highest BCUT2D eigenvalue weighted by Gasteiger charge is 2.01. The molecule has 0 saturated carbocycles. The number of halogens is 2. The van der Waals surface area contributed by atoms with Crippen LogP contribution in [0.1, 0.15) is 0 Å². The van der Waals surface area contributed by atoms with E-state index in [1.54, 1.807) is 0 Å². The van der Waals surface area contributed by atoms with Crippen molar-refractivity contribution in [3.05, 3.63) is 36.8 Å². The molecule has 0 aliphatic rings. The molecule has 0 aromatic heterocycles. The summed E-state index contributed by atoms with van der Waals surface area (Å²) in [6, 6.07) is 0. The van der Waals surface area contributed by atoms with Crippen molar-refractivity contribution in [3.63, 3.8) is 0 Å². The molecule has 0 heterocycles. The minimum absolute atomic E-state index is 0.0381. The fourth-order valence-corrected chi connectivity index (χ4v) is 1.06. The van der Waals surface area contributed by atoms with Crippen LogP contribution in [-0.4, -0.2) is 8.42 Å². The number of hydrogen-bond acceptors (Lipinski definition) is 2. The van der Waals surface area contributed by atoms with Crippen LogP contribution in [0, 0.1) is 0 Å². The van der Waals surface area contributed by atoms with Crippen molar-refractivity contribution in [1.82, 2.24) is 4.72 Å². The highest BCUT2D eigenvalue weighted by molar-refractivity contribution is 8.12. The van der Waals surface area contributed by atoms with E-state index in [0.717, 1.165) is 12.2 Å². The van der Waals surface area contributed by atoms with Gasteiger partial charge >= 0.3 is 9.24 Å². The van der Waals surface area contributed by atoms with Crippen molar-refractivity contribution >= 4 is 19.9 Å². The van der Waals surface area contributed by atoms with E-state index in [1.807, 2.05) is 4.72 Å². The van der Waals surface area contributed by atoms with Crippen molar-refractivity contribution in [2.24, 2.45) is 0 Å². The van der Waals surface area contributed by atoms with Gasteiger partial charge in [0.05, 0.1) is 0 Å². The van der Waals surface area contributed by atoms with Crippen molar-refractivity contribution in [2.45, 2.75) is 0 Å². The fraction of sp³-hybridized carbons (Fsp3) is 0. The Morgan fingerprint density at radius 1 is 1.42 bits per heavy atom. The molecule has 0 saturated heterocycles. The Morgan fingerprint density at radius 2 is 1.92 bits per heavy atom. The average molecular weight is 212 g/mol. The molecule has 0 bridgehead atoms. The molecule has 6 heteroatoms. The third-order valence-electron chi connectivity index (χ3n) is 0.718. The molecule has 0 aromatic carbocycles. The summed E-state index contributed by atoms with van der Waals surface area (Å²) in [6.45, 7) is 6.16. The molecular formula is C6H7ClFNO2S. The van der Waals surface area contributed by atoms with Crippen LogP contribution < -0.4 is 4.72 Å². The maximum Gasteiger partial charge on any atom is 0.319 e. The Morgan fingerprint density at radius 3 is 2.25 bits per heavy atom. The fourth-order valence-electron chi connectivity index (χ4n) is 0.382. The van der Waals surface area contributed by atoms with E-state index >= 15 is 0 Å². The van der Waals surface area contributed by atoms with Crippen LogP contribution in [0.15, 0.2) is 36.8 Å². The van der Waals surface area contributed by atoms with Crippen LogP contribution in [-0.2, 0) is 9.24 Å². The van der Waals surface area contributed by atoms with Crippen molar-refractivity contribution in [3.8, 4) is 0 Å². The highest BCUT2D eigenvalue weighted by atomic mass is 35.7. The summed E-state index contributed by atoms with van der Waals surface area (Å²) in [4.78, 5) is 0. The zero-order valence-corrected chi connectivity index (χ0v) is 7.62.